The predicted octanol–water partition coefficient (Wildman–Crippen LogP) is 5.46. The van der Waals surface area contributed by atoms with Gasteiger partial charge in [0.25, 0.3) is 0 Å². The first-order chi connectivity index (χ1) is 15.6. The summed E-state index contributed by atoms with van der Waals surface area (Å²) in [6.45, 7) is 0. The Labute approximate surface area is 188 Å². The molecular formula is C26H16ClN3O2. The second kappa shape index (κ2) is 7.04. The number of hydrogen-bond acceptors (Lipinski definition) is 4. The van der Waals surface area contributed by atoms with E-state index in [0.717, 1.165) is 27.9 Å². The van der Waals surface area contributed by atoms with Crippen LogP contribution in [0.1, 0.15) is 33.0 Å². The zero-order chi connectivity index (χ0) is 21.8. The van der Waals surface area contributed by atoms with Crippen molar-refractivity contribution < 1.29 is 9.59 Å². The van der Waals surface area contributed by atoms with E-state index in [1.807, 2.05) is 66.7 Å². The zero-order valence-corrected chi connectivity index (χ0v) is 17.5. The number of carbonyl (C=O) groups excluding carboxylic acids is 2. The summed E-state index contributed by atoms with van der Waals surface area (Å²) < 4.78 is 0. The van der Waals surface area contributed by atoms with Crippen LogP contribution in [0.4, 0.5) is 5.82 Å². The van der Waals surface area contributed by atoms with Crippen LogP contribution in [-0.4, -0.2) is 21.8 Å². The third-order valence-corrected chi connectivity index (χ3v) is 6.30. The van der Waals surface area contributed by atoms with E-state index in [2.05, 4.69) is 15.5 Å². The van der Waals surface area contributed by atoms with Gasteiger partial charge in [-0.3, -0.25) is 14.7 Å². The summed E-state index contributed by atoms with van der Waals surface area (Å²) in [5.74, 6) is -0.785. The van der Waals surface area contributed by atoms with Crippen LogP contribution in [0.2, 0.25) is 5.02 Å². The predicted molar refractivity (Wildman–Crippen MR) is 124 cm³/mol. The Bertz CT molecular complexity index is 1440. The lowest BCUT2D eigenvalue weighted by Crippen LogP contribution is -2.32. The number of nitrogens with zero attached hydrogens (tertiary/aromatic N) is 1. The van der Waals surface area contributed by atoms with Crippen LogP contribution in [-0.2, 0) is 4.79 Å². The SMILES string of the molecule is O=C1C(=O)c2ccccc2C2=C1C(c1ccccc1)c1c(n[nH]c1-c1ccc(Cl)cc1)N2. The number of aromatic nitrogens is 2. The van der Waals surface area contributed by atoms with Crippen molar-refractivity contribution in [1.29, 1.82) is 0 Å². The average molecular weight is 438 g/mol. The first-order valence-electron chi connectivity index (χ1n) is 10.2. The van der Waals surface area contributed by atoms with Gasteiger partial charge in [0.2, 0.25) is 11.6 Å². The van der Waals surface area contributed by atoms with Crippen molar-refractivity contribution in [1.82, 2.24) is 10.2 Å². The van der Waals surface area contributed by atoms with Gasteiger partial charge in [-0.1, -0.05) is 78.3 Å². The Morgan fingerprint density at radius 1 is 0.781 bits per heavy atom. The Balaban J connectivity index is 1.64. The number of hydrogen-bond donors (Lipinski definition) is 2. The number of fused-ring (bicyclic) bond motifs is 3. The van der Waals surface area contributed by atoms with Crippen molar-refractivity contribution in [2.24, 2.45) is 0 Å². The van der Waals surface area contributed by atoms with Crippen molar-refractivity contribution >= 4 is 34.7 Å². The van der Waals surface area contributed by atoms with Gasteiger partial charge in [-0.15, -0.1) is 0 Å². The summed E-state index contributed by atoms with van der Waals surface area (Å²) in [5.41, 5.74) is 5.64. The number of allylic oxidation sites excluding steroid dienone is 1. The van der Waals surface area contributed by atoms with Gasteiger partial charge in [0.15, 0.2) is 5.82 Å². The lowest BCUT2D eigenvalue weighted by Gasteiger charge is -2.32. The maximum Gasteiger partial charge on any atom is 0.233 e. The highest BCUT2D eigenvalue weighted by atomic mass is 35.5. The van der Waals surface area contributed by atoms with Gasteiger partial charge in [-0.05, 0) is 17.7 Å². The third kappa shape index (κ3) is 2.68. The number of Topliss-reactive ketones (excluding diaryl/α,β-unsaturated/α-hetero) is 2. The molecule has 2 N–H and O–H groups in total. The zero-order valence-electron chi connectivity index (χ0n) is 16.7. The Hall–Kier alpha value is -3.96. The molecule has 3 aromatic carbocycles. The highest BCUT2D eigenvalue weighted by Gasteiger charge is 2.43. The van der Waals surface area contributed by atoms with Crippen molar-refractivity contribution in [3.63, 3.8) is 0 Å². The number of H-pyrrole nitrogens is 1. The molecule has 1 unspecified atom stereocenters. The number of nitrogens with one attached hydrogen (secondary N) is 2. The summed E-state index contributed by atoms with van der Waals surface area (Å²) in [4.78, 5) is 26.5. The Kier molecular flexibility index (Phi) is 4.13. The molecule has 0 spiro atoms. The Morgan fingerprint density at radius 2 is 1.47 bits per heavy atom. The topological polar surface area (TPSA) is 74.8 Å². The van der Waals surface area contributed by atoms with Crippen LogP contribution >= 0.6 is 11.6 Å². The van der Waals surface area contributed by atoms with E-state index in [1.165, 1.54) is 0 Å². The second-order valence-electron chi connectivity index (χ2n) is 7.83. The number of ketones is 2. The van der Waals surface area contributed by atoms with Crippen LogP contribution < -0.4 is 5.32 Å². The molecule has 0 fully saturated rings. The lowest BCUT2D eigenvalue weighted by molar-refractivity contribution is -0.112. The third-order valence-electron chi connectivity index (χ3n) is 6.05. The minimum Gasteiger partial charge on any atom is -0.338 e. The molecule has 0 radical (unpaired) electrons. The molecule has 2 aliphatic rings. The van der Waals surface area contributed by atoms with E-state index >= 15 is 0 Å². The summed E-state index contributed by atoms with van der Waals surface area (Å²) >= 11 is 6.09. The van der Waals surface area contributed by atoms with E-state index in [0.29, 0.717) is 27.7 Å². The van der Waals surface area contributed by atoms with E-state index < -0.39 is 17.5 Å². The highest BCUT2D eigenvalue weighted by molar-refractivity contribution is 6.53. The normalized spacial score (nSPS) is 16.8. The fraction of sp³-hybridized carbons (Fsp3) is 0.0385. The van der Waals surface area contributed by atoms with E-state index in [1.54, 1.807) is 12.1 Å². The molecule has 1 aliphatic carbocycles. The van der Waals surface area contributed by atoms with Crippen LogP contribution in [0, 0.1) is 0 Å². The molecule has 5 nitrogen and oxygen atoms in total. The Morgan fingerprint density at radius 3 is 2.22 bits per heavy atom. The number of halogens is 1. The first kappa shape index (κ1) is 18.8. The van der Waals surface area contributed by atoms with Gasteiger partial charge in [-0.25, -0.2) is 0 Å². The molecule has 4 aromatic rings. The van der Waals surface area contributed by atoms with Gasteiger partial charge < -0.3 is 5.32 Å². The molecular weight excluding hydrogens is 422 g/mol. The lowest BCUT2D eigenvalue weighted by atomic mass is 9.73. The number of benzene rings is 3. The average Bonchev–Trinajstić information content (AvgIpc) is 3.26. The van der Waals surface area contributed by atoms with Gasteiger partial charge in [0.05, 0.1) is 11.4 Å². The minimum atomic E-state index is -0.492. The van der Waals surface area contributed by atoms with Gasteiger partial charge in [-0.2, -0.15) is 5.10 Å². The smallest absolute Gasteiger partial charge is 0.233 e. The molecule has 0 bridgehead atoms. The largest absolute Gasteiger partial charge is 0.338 e. The van der Waals surface area contributed by atoms with Crippen molar-refractivity contribution in [2.45, 2.75) is 5.92 Å². The molecule has 1 aliphatic heterocycles. The first-order valence-corrected chi connectivity index (χ1v) is 10.6. The molecule has 0 saturated carbocycles. The number of anilines is 1. The molecule has 32 heavy (non-hydrogen) atoms. The summed E-state index contributed by atoms with van der Waals surface area (Å²) in [6.07, 6.45) is 0. The number of rotatable bonds is 2. The molecule has 2 heterocycles. The van der Waals surface area contributed by atoms with Crippen molar-refractivity contribution in [3.05, 3.63) is 112 Å². The molecule has 154 valence electrons. The van der Waals surface area contributed by atoms with Gasteiger partial charge in [0, 0.05) is 38.8 Å². The maximum absolute atomic E-state index is 13.4. The van der Waals surface area contributed by atoms with Crippen LogP contribution in [0.5, 0.6) is 0 Å². The molecule has 1 aromatic heterocycles. The fourth-order valence-electron chi connectivity index (χ4n) is 4.62. The van der Waals surface area contributed by atoms with Crippen LogP contribution in [0.25, 0.3) is 17.0 Å². The molecule has 6 rings (SSSR count). The monoisotopic (exact) mass is 437 g/mol. The second-order valence-corrected chi connectivity index (χ2v) is 8.27. The molecule has 0 amide bonds. The quantitative estimate of drug-likeness (QED) is 0.408. The fourth-order valence-corrected chi connectivity index (χ4v) is 4.74. The van der Waals surface area contributed by atoms with Gasteiger partial charge >= 0.3 is 0 Å². The van der Waals surface area contributed by atoms with Crippen molar-refractivity contribution in [3.8, 4) is 11.3 Å². The maximum atomic E-state index is 13.4. The molecule has 0 saturated heterocycles. The van der Waals surface area contributed by atoms with E-state index in [9.17, 15) is 9.59 Å². The van der Waals surface area contributed by atoms with E-state index in [-0.39, 0.29) is 0 Å². The van der Waals surface area contributed by atoms with E-state index in [4.69, 9.17) is 11.6 Å². The van der Waals surface area contributed by atoms with Gasteiger partial charge in [0.1, 0.15) is 0 Å². The molecule has 6 heteroatoms. The summed E-state index contributed by atoms with van der Waals surface area (Å²) in [7, 11) is 0. The number of carbonyl (C=O) groups is 2. The highest BCUT2D eigenvalue weighted by Crippen LogP contribution is 2.49. The summed E-state index contributed by atoms with van der Waals surface area (Å²) in [6, 6.07) is 24.4. The number of aromatic amines is 1. The molecule has 1 atom stereocenters. The van der Waals surface area contributed by atoms with Crippen LogP contribution in [0.3, 0.4) is 0 Å². The van der Waals surface area contributed by atoms with Crippen LogP contribution in [0.15, 0.2) is 84.4 Å². The van der Waals surface area contributed by atoms with Crippen molar-refractivity contribution in [2.75, 3.05) is 5.32 Å². The summed E-state index contributed by atoms with van der Waals surface area (Å²) in [5, 5.41) is 11.7. The standard InChI is InChI=1S/C26H16ClN3O2/c27-16-12-10-15(11-13-16)22-21-19(14-6-2-1-3-7-14)20-23(28-26(21)30-29-22)17-8-4-5-9-18(17)24(31)25(20)32/h1-13,19H,(H2,28,29,30). The minimum absolute atomic E-state index is 0.410.